The van der Waals surface area contributed by atoms with Gasteiger partial charge in [0.2, 0.25) is 5.89 Å². The molecular formula is C16H16N4O2. The first kappa shape index (κ1) is 13.9. The molecule has 1 N–H and O–H groups in total. The molecular weight excluding hydrogens is 280 g/mol. The summed E-state index contributed by atoms with van der Waals surface area (Å²) in [5.74, 6) is 5.95. The van der Waals surface area contributed by atoms with Gasteiger partial charge in [-0.25, -0.2) is 4.98 Å². The maximum atomic E-state index is 8.74. The standard InChI is InChI=1S/C16H12N4O2.2H2/c1-11-14(18-13(10-17-11)8-5-9-21)16-20-19-15(22-16)12-6-3-2-4-7-12;;/h2-4,6-7,10,21H,9H2,1H3;2*1H. The van der Waals surface area contributed by atoms with E-state index >= 15 is 0 Å². The zero-order valence-electron chi connectivity index (χ0n) is 11.8. The summed E-state index contributed by atoms with van der Waals surface area (Å²) >= 11 is 0. The third kappa shape index (κ3) is 2.85. The molecule has 6 nitrogen and oxygen atoms in total. The molecule has 3 aromatic rings. The average molecular weight is 296 g/mol. The van der Waals surface area contributed by atoms with Gasteiger partial charge in [-0.05, 0) is 25.0 Å². The number of nitrogens with zero attached hydrogens (tertiary/aromatic N) is 4. The lowest BCUT2D eigenvalue weighted by Crippen LogP contribution is -1.95. The second-order valence-electron chi connectivity index (χ2n) is 4.43. The van der Waals surface area contributed by atoms with Crippen LogP contribution in [0.5, 0.6) is 0 Å². The Morgan fingerprint density at radius 1 is 1.18 bits per heavy atom. The van der Waals surface area contributed by atoms with E-state index in [0.717, 1.165) is 5.56 Å². The van der Waals surface area contributed by atoms with Crippen molar-refractivity contribution < 1.29 is 12.4 Å². The highest BCUT2D eigenvalue weighted by atomic mass is 16.4. The van der Waals surface area contributed by atoms with Crippen LogP contribution in [0.3, 0.4) is 0 Å². The van der Waals surface area contributed by atoms with Gasteiger partial charge in [0, 0.05) is 8.42 Å². The van der Waals surface area contributed by atoms with Crippen molar-refractivity contribution in [1.29, 1.82) is 0 Å². The second kappa shape index (κ2) is 6.16. The van der Waals surface area contributed by atoms with Crippen molar-refractivity contribution in [3.8, 4) is 34.9 Å². The third-order valence-corrected chi connectivity index (χ3v) is 2.90. The van der Waals surface area contributed by atoms with Crippen molar-refractivity contribution >= 4 is 0 Å². The number of aliphatic hydroxyl groups is 1. The van der Waals surface area contributed by atoms with E-state index in [4.69, 9.17) is 9.52 Å². The lowest BCUT2D eigenvalue weighted by molar-refractivity contribution is 0.350. The van der Waals surface area contributed by atoms with E-state index in [-0.39, 0.29) is 15.4 Å². The van der Waals surface area contributed by atoms with Crippen LogP contribution in [0.15, 0.2) is 40.9 Å². The first-order valence-electron chi connectivity index (χ1n) is 6.60. The topological polar surface area (TPSA) is 84.9 Å². The second-order valence-corrected chi connectivity index (χ2v) is 4.43. The minimum atomic E-state index is -0.233. The Kier molecular flexibility index (Phi) is 3.90. The van der Waals surface area contributed by atoms with Gasteiger partial charge < -0.3 is 9.52 Å². The summed E-state index contributed by atoms with van der Waals surface area (Å²) < 4.78 is 5.67. The molecule has 0 aliphatic heterocycles. The van der Waals surface area contributed by atoms with Gasteiger partial charge in [-0.15, -0.1) is 10.2 Å². The van der Waals surface area contributed by atoms with Crippen LogP contribution in [-0.4, -0.2) is 31.9 Å². The Balaban J connectivity index is 0.00000144. The van der Waals surface area contributed by atoms with Crippen molar-refractivity contribution in [2.75, 3.05) is 6.61 Å². The van der Waals surface area contributed by atoms with E-state index in [1.54, 1.807) is 6.92 Å². The van der Waals surface area contributed by atoms with Gasteiger partial charge >= 0.3 is 0 Å². The fraction of sp³-hybridized carbons (Fsp3) is 0.125. The number of hydrogen-bond donors (Lipinski definition) is 1. The SMILES string of the molecule is Cc1ncc(C#CCO)nc1-c1nnc(-c2ccccc2)o1.[HH].[HH]. The van der Waals surface area contributed by atoms with Crippen molar-refractivity contribution in [2.24, 2.45) is 0 Å². The molecule has 0 aliphatic rings. The molecule has 2 aromatic heterocycles. The highest BCUT2D eigenvalue weighted by Crippen LogP contribution is 2.23. The van der Waals surface area contributed by atoms with E-state index in [0.29, 0.717) is 23.0 Å². The minimum Gasteiger partial charge on any atom is -0.415 e. The summed E-state index contributed by atoms with van der Waals surface area (Å²) in [5, 5.41) is 16.8. The number of benzene rings is 1. The quantitative estimate of drug-likeness (QED) is 0.731. The smallest absolute Gasteiger partial charge is 0.268 e. The monoisotopic (exact) mass is 296 g/mol. The molecule has 2 heterocycles. The molecule has 0 fully saturated rings. The Hall–Kier alpha value is -3.04. The molecule has 0 unspecified atom stereocenters. The summed E-state index contributed by atoms with van der Waals surface area (Å²) in [6, 6.07) is 9.49. The Morgan fingerprint density at radius 2 is 1.95 bits per heavy atom. The van der Waals surface area contributed by atoms with Gasteiger partial charge in [0.25, 0.3) is 5.89 Å². The van der Waals surface area contributed by atoms with Crippen LogP contribution >= 0.6 is 0 Å². The van der Waals surface area contributed by atoms with Crippen molar-refractivity contribution in [1.82, 2.24) is 20.2 Å². The Morgan fingerprint density at radius 3 is 2.73 bits per heavy atom. The summed E-state index contributed by atoms with van der Waals surface area (Å²) in [4.78, 5) is 8.56. The highest BCUT2D eigenvalue weighted by molar-refractivity contribution is 5.56. The van der Waals surface area contributed by atoms with E-state index < -0.39 is 0 Å². The van der Waals surface area contributed by atoms with E-state index in [2.05, 4.69) is 32.0 Å². The summed E-state index contributed by atoms with van der Waals surface area (Å²) in [6.45, 7) is 1.57. The maximum absolute atomic E-state index is 8.74. The normalized spacial score (nSPS) is 10.1. The highest BCUT2D eigenvalue weighted by Gasteiger charge is 2.14. The molecule has 22 heavy (non-hydrogen) atoms. The van der Waals surface area contributed by atoms with Crippen molar-refractivity contribution in [2.45, 2.75) is 6.92 Å². The number of hydrogen-bond acceptors (Lipinski definition) is 6. The molecule has 0 spiro atoms. The van der Waals surface area contributed by atoms with Gasteiger partial charge in [0.15, 0.2) is 0 Å². The van der Waals surface area contributed by atoms with Crippen LogP contribution in [0.4, 0.5) is 0 Å². The molecule has 0 saturated heterocycles. The number of aromatic nitrogens is 4. The lowest BCUT2D eigenvalue weighted by Gasteiger charge is -1.99. The van der Waals surface area contributed by atoms with E-state index in [1.807, 2.05) is 30.3 Å². The molecule has 0 radical (unpaired) electrons. The van der Waals surface area contributed by atoms with E-state index in [9.17, 15) is 0 Å². The predicted molar refractivity (Wildman–Crippen MR) is 83.7 cm³/mol. The summed E-state index contributed by atoms with van der Waals surface area (Å²) in [5.41, 5.74) is 2.43. The molecule has 6 heteroatoms. The van der Waals surface area contributed by atoms with Crippen LogP contribution < -0.4 is 0 Å². The first-order valence-corrected chi connectivity index (χ1v) is 6.60. The molecule has 0 atom stereocenters. The number of rotatable bonds is 2. The van der Waals surface area contributed by atoms with Gasteiger partial charge in [-0.2, -0.15) is 0 Å². The maximum Gasteiger partial charge on any atom is 0.268 e. The zero-order valence-corrected chi connectivity index (χ0v) is 11.8. The van der Waals surface area contributed by atoms with Gasteiger partial charge in [0.1, 0.15) is 18.0 Å². The Labute approximate surface area is 129 Å². The number of aryl methyl sites for hydroxylation is 1. The fourth-order valence-corrected chi connectivity index (χ4v) is 1.86. The van der Waals surface area contributed by atoms with Crippen molar-refractivity contribution in [3.63, 3.8) is 0 Å². The predicted octanol–water partition coefficient (Wildman–Crippen LogP) is 2.34. The molecule has 112 valence electrons. The number of aliphatic hydroxyl groups excluding tert-OH is 1. The minimum absolute atomic E-state index is 0. The van der Waals surface area contributed by atoms with Crippen LogP contribution in [0.1, 0.15) is 14.2 Å². The molecule has 0 amide bonds. The third-order valence-electron chi connectivity index (χ3n) is 2.90. The van der Waals surface area contributed by atoms with E-state index in [1.165, 1.54) is 6.20 Å². The van der Waals surface area contributed by atoms with Crippen molar-refractivity contribution in [3.05, 3.63) is 47.9 Å². The van der Waals surface area contributed by atoms with Crippen LogP contribution in [-0.2, 0) is 0 Å². The molecule has 0 bridgehead atoms. The largest absolute Gasteiger partial charge is 0.415 e. The van der Waals surface area contributed by atoms with Crippen LogP contribution in [0.25, 0.3) is 23.0 Å². The first-order chi connectivity index (χ1) is 10.8. The molecule has 0 saturated carbocycles. The fourth-order valence-electron chi connectivity index (χ4n) is 1.86. The summed E-state index contributed by atoms with van der Waals surface area (Å²) in [6.07, 6.45) is 1.54. The van der Waals surface area contributed by atoms with Gasteiger partial charge in [-0.1, -0.05) is 24.1 Å². The lowest BCUT2D eigenvalue weighted by atomic mass is 10.2. The zero-order chi connectivity index (χ0) is 15.4. The van der Waals surface area contributed by atoms with Crippen LogP contribution in [0.2, 0.25) is 0 Å². The molecule has 1 aromatic carbocycles. The molecule has 3 rings (SSSR count). The van der Waals surface area contributed by atoms with Gasteiger partial charge in [-0.3, -0.25) is 4.98 Å². The average Bonchev–Trinajstić information content (AvgIpc) is 3.05. The van der Waals surface area contributed by atoms with Gasteiger partial charge in [0.05, 0.1) is 11.9 Å². The molecule has 0 aliphatic carbocycles. The summed E-state index contributed by atoms with van der Waals surface area (Å²) in [7, 11) is 0. The van der Waals surface area contributed by atoms with Crippen LogP contribution in [0, 0.1) is 18.8 Å². The Bertz CT molecular complexity index is 857.